The molecular formula is C17H29N3O2. The molecule has 22 heavy (non-hydrogen) atoms. The van der Waals surface area contributed by atoms with Crippen molar-refractivity contribution >= 4 is 6.09 Å². The van der Waals surface area contributed by atoms with Gasteiger partial charge >= 0.3 is 6.09 Å². The van der Waals surface area contributed by atoms with Gasteiger partial charge in [0.05, 0.1) is 0 Å². The molecule has 0 aliphatic heterocycles. The second-order valence-electron chi connectivity index (χ2n) is 5.30. The van der Waals surface area contributed by atoms with Crippen molar-refractivity contribution < 1.29 is 9.53 Å². The zero-order valence-corrected chi connectivity index (χ0v) is 14.1. The van der Waals surface area contributed by atoms with E-state index in [1.54, 1.807) is 12.3 Å². The lowest BCUT2D eigenvalue weighted by Crippen LogP contribution is -2.31. The predicted molar refractivity (Wildman–Crippen MR) is 89.3 cm³/mol. The third-order valence-corrected chi connectivity index (χ3v) is 3.63. The first-order valence-corrected chi connectivity index (χ1v) is 8.32. The van der Waals surface area contributed by atoms with Gasteiger partial charge in [-0.1, -0.05) is 33.3 Å². The van der Waals surface area contributed by atoms with Gasteiger partial charge in [0.15, 0.2) is 0 Å². The zero-order valence-electron chi connectivity index (χ0n) is 14.1. The van der Waals surface area contributed by atoms with Crippen LogP contribution in [0.3, 0.4) is 0 Å². The molecule has 0 spiro atoms. The minimum atomic E-state index is -0.437. The quantitative estimate of drug-likeness (QED) is 0.674. The summed E-state index contributed by atoms with van der Waals surface area (Å²) in [5.41, 5.74) is 1.17. The van der Waals surface area contributed by atoms with Crippen LogP contribution >= 0.6 is 0 Å². The number of carbonyl (C=O) groups excluding carboxylic acids is 1. The fourth-order valence-electron chi connectivity index (χ4n) is 2.16. The zero-order chi connectivity index (χ0) is 16.2. The van der Waals surface area contributed by atoms with Crippen molar-refractivity contribution in [1.82, 2.24) is 15.2 Å². The number of carbonyl (C=O) groups is 1. The van der Waals surface area contributed by atoms with Crippen molar-refractivity contribution in [3.8, 4) is 5.88 Å². The molecular weight excluding hydrogens is 278 g/mol. The molecule has 5 nitrogen and oxygen atoms in total. The summed E-state index contributed by atoms with van der Waals surface area (Å²) in [4.78, 5) is 18.2. The molecule has 5 heteroatoms. The lowest BCUT2D eigenvalue weighted by Gasteiger charge is -2.17. The normalized spacial score (nSPS) is 10.7. The Morgan fingerprint density at radius 3 is 2.59 bits per heavy atom. The number of hydrogen-bond donors (Lipinski definition) is 1. The maximum Gasteiger partial charge on any atom is 0.413 e. The molecule has 0 atom stereocenters. The number of amides is 1. The van der Waals surface area contributed by atoms with Crippen molar-refractivity contribution in [1.29, 1.82) is 0 Å². The van der Waals surface area contributed by atoms with Crippen LogP contribution in [0.15, 0.2) is 18.3 Å². The van der Waals surface area contributed by atoms with Gasteiger partial charge in [-0.15, -0.1) is 0 Å². The lowest BCUT2D eigenvalue weighted by molar-refractivity contribution is 0.197. The third kappa shape index (κ3) is 7.41. The van der Waals surface area contributed by atoms with E-state index in [1.807, 2.05) is 6.07 Å². The summed E-state index contributed by atoms with van der Waals surface area (Å²) in [6, 6.07) is 3.71. The molecule has 0 saturated carbocycles. The summed E-state index contributed by atoms with van der Waals surface area (Å²) in [5, 5.41) is 2.76. The summed E-state index contributed by atoms with van der Waals surface area (Å²) in [6.07, 6.45) is 5.58. The molecule has 1 heterocycles. The van der Waals surface area contributed by atoms with Crippen molar-refractivity contribution in [3.05, 3.63) is 23.9 Å². The predicted octanol–water partition coefficient (Wildman–Crippen LogP) is 3.24. The fraction of sp³-hybridized carbons (Fsp3) is 0.647. The number of rotatable bonds is 10. The topological polar surface area (TPSA) is 54.5 Å². The molecule has 0 radical (unpaired) electrons. The number of aromatic nitrogens is 1. The van der Waals surface area contributed by atoms with Gasteiger partial charge in [0.1, 0.15) is 0 Å². The minimum absolute atomic E-state index is 0.349. The van der Waals surface area contributed by atoms with Crippen LogP contribution in [0.5, 0.6) is 5.88 Å². The molecule has 1 aromatic heterocycles. The smallest absolute Gasteiger partial charge is 0.391 e. The average molecular weight is 307 g/mol. The lowest BCUT2D eigenvalue weighted by atomic mass is 10.1. The van der Waals surface area contributed by atoms with E-state index in [0.29, 0.717) is 12.4 Å². The summed E-state index contributed by atoms with van der Waals surface area (Å²) >= 11 is 0. The van der Waals surface area contributed by atoms with Crippen LogP contribution in [0.1, 0.15) is 45.6 Å². The van der Waals surface area contributed by atoms with E-state index in [0.717, 1.165) is 45.3 Å². The van der Waals surface area contributed by atoms with Crippen molar-refractivity contribution in [2.24, 2.45) is 0 Å². The summed E-state index contributed by atoms with van der Waals surface area (Å²) in [7, 11) is 0. The molecule has 0 aliphatic carbocycles. The molecule has 0 bridgehead atoms. The maximum absolute atomic E-state index is 11.7. The molecule has 1 N–H and O–H groups in total. The number of hydrogen-bond acceptors (Lipinski definition) is 4. The highest BCUT2D eigenvalue weighted by molar-refractivity contribution is 5.69. The van der Waals surface area contributed by atoms with Crippen LogP contribution in [0.25, 0.3) is 0 Å². The molecule has 1 rings (SSSR count). The molecule has 1 aromatic rings. The first kappa shape index (κ1) is 18.4. The number of nitrogens with zero attached hydrogens (tertiary/aromatic N) is 2. The van der Waals surface area contributed by atoms with Gasteiger partial charge in [-0.2, -0.15) is 0 Å². The standard InChI is InChI=1S/C17H29N3O2/c1-4-7-9-15-10-11-16(19-14-15)22-17(21)18-12-8-13-20(5-2)6-3/h10-11,14H,4-9,12-13H2,1-3H3,(H,18,21). The SMILES string of the molecule is CCCCc1ccc(OC(=O)NCCCN(CC)CC)nc1. The Kier molecular flexibility index (Phi) is 9.23. The molecule has 0 aliphatic rings. The Balaban J connectivity index is 2.24. The van der Waals surface area contributed by atoms with Gasteiger partial charge in [-0.05, 0) is 44.5 Å². The Morgan fingerprint density at radius 1 is 1.23 bits per heavy atom. The van der Waals surface area contributed by atoms with Crippen molar-refractivity contribution in [2.45, 2.75) is 46.5 Å². The molecule has 0 fully saturated rings. The van der Waals surface area contributed by atoms with E-state index in [1.165, 1.54) is 5.56 Å². The summed E-state index contributed by atoms with van der Waals surface area (Å²) < 4.78 is 5.16. The summed E-state index contributed by atoms with van der Waals surface area (Å²) in [6.45, 7) is 10.1. The van der Waals surface area contributed by atoms with Gasteiger partial charge in [0, 0.05) is 18.8 Å². The van der Waals surface area contributed by atoms with E-state index >= 15 is 0 Å². The molecule has 0 aromatic carbocycles. The van der Waals surface area contributed by atoms with Crippen LogP contribution in [0.2, 0.25) is 0 Å². The van der Waals surface area contributed by atoms with Crippen molar-refractivity contribution in [2.75, 3.05) is 26.2 Å². The van der Waals surface area contributed by atoms with Gasteiger partial charge in [-0.3, -0.25) is 0 Å². The highest BCUT2D eigenvalue weighted by Crippen LogP contribution is 2.10. The van der Waals surface area contributed by atoms with Crippen molar-refractivity contribution in [3.63, 3.8) is 0 Å². The first-order chi connectivity index (χ1) is 10.7. The van der Waals surface area contributed by atoms with Gasteiger partial charge in [0.2, 0.25) is 5.88 Å². The minimum Gasteiger partial charge on any atom is -0.391 e. The van der Waals surface area contributed by atoms with Crippen LogP contribution in [-0.4, -0.2) is 42.2 Å². The van der Waals surface area contributed by atoms with Crippen LogP contribution in [0, 0.1) is 0 Å². The van der Waals surface area contributed by atoms with E-state index < -0.39 is 6.09 Å². The highest BCUT2D eigenvalue weighted by Gasteiger charge is 2.05. The second kappa shape index (κ2) is 11.0. The third-order valence-electron chi connectivity index (χ3n) is 3.63. The molecule has 0 unspecified atom stereocenters. The van der Waals surface area contributed by atoms with E-state index in [2.05, 4.69) is 36.0 Å². The highest BCUT2D eigenvalue weighted by atomic mass is 16.6. The van der Waals surface area contributed by atoms with Crippen LogP contribution in [-0.2, 0) is 6.42 Å². The number of unbranched alkanes of at least 4 members (excludes halogenated alkanes) is 1. The largest absolute Gasteiger partial charge is 0.413 e. The van der Waals surface area contributed by atoms with E-state index in [9.17, 15) is 4.79 Å². The Hall–Kier alpha value is -1.62. The molecule has 0 saturated heterocycles. The number of aryl methyl sites for hydroxylation is 1. The van der Waals surface area contributed by atoms with Gasteiger partial charge in [0.25, 0.3) is 0 Å². The van der Waals surface area contributed by atoms with E-state index in [-0.39, 0.29) is 0 Å². The van der Waals surface area contributed by atoms with Crippen LogP contribution in [0.4, 0.5) is 4.79 Å². The van der Waals surface area contributed by atoms with Gasteiger partial charge in [-0.25, -0.2) is 9.78 Å². The Morgan fingerprint density at radius 2 is 2.00 bits per heavy atom. The fourth-order valence-corrected chi connectivity index (χ4v) is 2.16. The Labute approximate surface area is 134 Å². The summed E-state index contributed by atoms with van der Waals surface area (Å²) in [5.74, 6) is 0.349. The van der Waals surface area contributed by atoms with E-state index in [4.69, 9.17) is 4.74 Å². The number of nitrogens with one attached hydrogen (secondary N) is 1. The molecule has 124 valence electrons. The monoisotopic (exact) mass is 307 g/mol. The number of ether oxygens (including phenoxy) is 1. The first-order valence-electron chi connectivity index (χ1n) is 8.32. The van der Waals surface area contributed by atoms with Gasteiger partial charge < -0.3 is 15.0 Å². The molecule has 1 amide bonds. The van der Waals surface area contributed by atoms with Crippen LogP contribution < -0.4 is 10.1 Å². The second-order valence-corrected chi connectivity index (χ2v) is 5.30. The average Bonchev–Trinajstić information content (AvgIpc) is 2.54. The Bertz CT molecular complexity index is 416. The maximum atomic E-state index is 11.7. The number of pyridine rings is 1.